The Morgan fingerprint density at radius 2 is 2.06 bits per heavy atom. The minimum Gasteiger partial charge on any atom is -0.376 e. The standard InChI is InChI=1S/C24H26F2N6O/c1-14-3-4-16(17(26)11-14)5-6-18-20-22(31-30-18)29-23(19(12-25)28-20)32-9-7-24(8-10-32)13-33-15(2)21(24)27/h3-4,11,15,21H,7-10,12-13,27H2,1-2H3,(H,29,30,31)/t15-,21+/m0/s1. The Balaban J connectivity index is 1.42. The molecule has 0 unspecified atom stereocenters. The molecule has 7 nitrogen and oxygen atoms in total. The maximum absolute atomic E-state index is 14.1. The van der Waals surface area contributed by atoms with E-state index in [1.807, 2.05) is 13.8 Å². The molecule has 0 bridgehead atoms. The lowest BCUT2D eigenvalue weighted by Crippen LogP contribution is -2.51. The van der Waals surface area contributed by atoms with Gasteiger partial charge in [-0.2, -0.15) is 5.10 Å². The van der Waals surface area contributed by atoms with Crippen molar-refractivity contribution in [2.75, 3.05) is 24.6 Å². The number of aryl methyl sites for hydroxylation is 1. The topological polar surface area (TPSA) is 93.0 Å². The first-order valence-electron chi connectivity index (χ1n) is 11.1. The van der Waals surface area contributed by atoms with Crippen molar-refractivity contribution in [3.8, 4) is 11.8 Å². The van der Waals surface area contributed by atoms with E-state index in [0.717, 1.165) is 18.4 Å². The van der Waals surface area contributed by atoms with E-state index in [4.69, 9.17) is 10.5 Å². The first-order chi connectivity index (χ1) is 15.9. The molecule has 0 saturated carbocycles. The summed E-state index contributed by atoms with van der Waals surface area (Å²) < 4.78 is 33.9. The molecule has 1 spiro atoms. The largest absolute Gasteiger partial charge is 0.376 e. The maximum atomic E-state index is 14.1. The minimum atomic E-state index is -0.760. The molecule has 4 heterocycles. The fourth-order valence-electron chi connectivity index (χ4n) is 4.78. The quantitative estimate of drug-likeness (QED) is 0.581. The number of nitrogens with one attached hydrogen (secondary N) is 1. The van der Waals surface area contributed by atoms with E-state index < -0.39 is 12.5 Å². The molecular weight excluding hydrogens is 426 g/mol. The van der Waals surface area contributed by atoms with Crippen LogP contribution in [0.1, 0.15) is 42.3 Å². The number of anilines is 1. The van der Waals surface area contributed by atoms with Crippen molar-refractivity contribution >= 4 is 17.0 Å². The van der Waals surface area contributed by atoms with Crippen LogP contribution in [-0.2, 0) is 11.4 Å². The molecule has 3 aromatic rings. The third-order valence-electron chi connectivity index (χ3n) is 6.92. The summed E-state index contributed by atoms with van der Waals surface area (Å²) in [6.45, 7) is 5.12. The molecule has 0 aliphatic carbocycles. The summed E-state index contributed by atoms with van der Waals surface area (Å²) in [6.07, 6.45) is 1.75. The number of H-pyrrole nitrogens is 1. The number of aromatic nitrogens is 4. The van der Waals surface area contributed by atoms with Crippen molar-refractivity contribution in [3.05, 3.63) is 46.5 Å². The van der Waals surface area contributed by atoms with Crippen LogP contribution in [0.2, 0.25) is 0 Å². The molecule has 33 heavy (non-hydrogen) atoms. The summed E-state index contributed by atoms with van der Waals surface area (Å²) in [5.41, 5.74) is 8.79. The van der Waals surface area contributed by atoms with Crippen LogP contribution in [0.25, 0.3) is 11.2 Å². The molecule has 3 N–H and O–H groups in total. The van der Waals surface area contributed by atoms with Crippen molar-refractivity contribution < 1.29 is 13.5 Å². The molecule has 0 amide bonds. The molecule has 2 saturated heterocycles. The van der Waals surface area contributed by atoms with E-state index in [2.05, 4.69) is 36.9 Å². The molecule has 0 radical (unpaired) electrons. The Morgan fingerprint density at radius 3 is 2.73 bits per heavy atom. The zero-order valence-corrected chi connectivity index (χ0v) is 18.7. The lowest BCUT2D eigenvalue weighted by Gasteiger charge is -2.41. The zero-order chi connectivity index (χ0) is 23.2. The van der Waals surface area contributed by atoms with Crippen LogP contribution in [0, 0.1) is 30.0 Å². The van der Waals surface area contributed by atoms with Crippen LogP contribution in [0.15, 0.2) is 18.2 Å². The molecule has 2 aliphatic heterocycles. The number of benzene rings is 1. The van der Waals surface area contributed by atoms with Crippen molar-refractivity contribution in [1.29, 1.82) is 0 Å². The average molecular weight is 453 g/mol. The molecular formula is C24H26F2N6O. The number of aromatic amines is 1. The van der Waals surface area contributed by atoms with E-state index in [-0.39, 0.29) is 28.8 Å². The van der Waals surface area contributed by atoms with Crippen molar-refractivity contribution in [2.24, 2.45) is 11.1 Å². The van der Waals surface area contributed by atoms with Crippen LogP contribution in [-0.4, -0.2) is 52.0 Å². The predicted molar refractivity (Wildman–Crippen MR) is 121 cm³/mol. The van der Waals surface area contributed by atoms with Gasteiger partial charge < -0.3 is 15.4 Å². The first-order valence-corrected chi connectivity index (χ1v) is 11.1. The number of nitrogens with two attached hydrogens (primary N) is 1. The molecule has 2 fully saturated rings. The lowest BCUT2D eigenvalue weighted by molar-refractivity contribution is 0.0974. The molecule has 2 aliphatic rings. The first kappa shape index (κ1) is 21.7. The van der Waals surface area contributed by atoms with E-state index >= 15 is 0 Å². The van der Waals surface area contributed by atoms with E-state index in [0.29, 0.717) is 42.4 Å². The van der Waals surface area contributed by atoms with Crippen molar-refractivity contribution in [3.63, 3.8) is 0 Å². The number of halogens is 2. The van der Waals surface area contributed by atoms with Gasteiger partial charge in [0.1, 0.15) is 23.7 Å². The van der Waals surface area contributed by atoms with Gasteiger partial charge in [-0.1, -0.05) is 12.0 Å². The second-order valence-corrected chi connectivity index (χ2v) is 9.02. The second-order valence-electron chi connectivity index (χ2n) is 9.02. The average Bonchev–Trinajstić information content (AvgIpc) is 3.34. The van der Waals surface area contributed by atoms with E-state index in [1.54, 1.807) is 12.1 Å². The number of alkyl halides is 1. The number of rotatable bonds is 2. The number of nitrogens with zero attached hydrogens (tertiary/aromatic N) is 4. The Morgan fingerprint density at radius 1 is 1.27 bits per heavy atom. The van der Waals surface area contributed by atoms with Gasteiger partial charge in [0.15, 0.2) is 17.2 Å². The van der Waals surface area contributed by atoms with Gasteiger partial charge in [0.2, 0.25) is 0 Å². The monoisotopic (exact) mass is 452 g/mol. The van der Waals surface area contributed by atoms with Gasteiger partial charge in [-0.15, -0.1) is 0 Å². The number of hydrogen-bond acceptors (Lipinski definition) is 6. The van der Waals surface area contributed by atoms with Crippen LogP contribution in [0.4, 0.5) is 14.6 Å². The third-order valence-corrected chi connectivity index (χ3v) is 6.92. The summed E-state index contributed by atoms with van der Waals surface area (Å²) in [6, 6.07) is 4.83. The van der Waals surface area contributed by atoms with Gasteiger partial charge in [0.05, 0.1) is 18.3 Å². The van der Waals surface area contributed by atoms with Crippen LogP contribution < -0.4 is 10.6 Å². The van der Waals surface area contributed by atoms with Gasteiger partial charge in [-0.25, -0.2) is 18.7 Å². The van der Waals surface area contributed by atoms with Crippen LogP contribution >= 0.6 is 0 Å². The highest BCUT2D eigenvalue weighted by Gasteiger charge is 2.47. The van der Waals surface area contributed by atoms with Gasteiger partial charge in [0.25, 0.3) is 0 Å². The smallest absolute Gasteiger partial charge is 0.177 e. The third kappa shape index (κ3) is 3.83. The van der Waals surface area contributed by atoms with Crippen LogP contribution in [0.3, 0.4) is 0 Å². The fourth-order valence-corrected chi connectivity index (χ4v) is 4.78. The minimum absolute atomic E-state index is 0.000894. The predicted octanol–water partition coefficient (Wildman–Crippen LogP) is 3.00. The van der Waals surface area contributed by atoms with Gasteiger partial charge >= 0.3 is 0 Å². The highest BCUT2D eigenvalue weighted by molar-refractivity contribution is 5.78. The normalized spacial score (nSPS) is 22.0. The Hall–Kier alpha value is -3.09. The molecule has 1 aromatic carbocycles. The molecule has 2 aromatic heterocycles. The van der Waals surface area contributed by atoms with Crippen LogP contribution in [0.5, 0.6) is 0 Å². The summed E-state index contributed by atoms with van der Waals surface area (Å²) >= 11 is 0. The van der Waals surface area contributed by atoms with E-state index in [1.165, 1.54) is 6.07 Å². The Kier molecular flexibility index (Phi) is 5.51. The summed E-state index contributed by atoms with van der Waals surface area (Å²) in [7, 11) is 0. The zero-order valence-electron chi connectivity index (χ0n) is 18.7. The number of fused-ring (bicyclic) bond motifs is 1. The maximum Gasteiger partial charge on any atom is 0.177 e. The molecule has 9 heteroatoms. The van der Waals surface area contributed by atoms with Crippen molar-refractivity contribution in [2.45, 2.75) is 45.5 Å². The Bertz CT molecular complexity index is 1260. The summed E-state index contributed by atoms with van der Waals surface area (Å²) in [5.74, 6) is 5.73. The number of hydrogen-bond donors (Lipinski definition) is 2. The lowest BCUT2D eigenvalue weighted by atomic mass is 9.73. The molecule has 2 atom stereocenters. The van der Waals surface area contributed by atoms with Crippen molar-refractivity contribution in [1.82, 2.24) is 20.2 Å². The number of piperidine rings is 1. The SMILES string of the molecule is Cc1ccc(C#Cc2n[nH]c3nc(N4CCC5(CC4)CO[C@@H](C)[C@H]5N)c(CF)nc23)c(F)c1. The van der Waals surface area contributed by atoms with Gasteiger partial charge in [-0.05, 0) is 50.3 Å². The summed E-state index contributed by atoms with van der Waals surface area (Å²) in [4.78, 5) is 11.2. The molecule has 5 rings (SSSR count). The van der Waals surface area contributed by atoms with Gasteiger partial charge in [0, 0.05) is 24.5 Å². The Labute approximate surface area is 190 Å². The van der Waals surface area contributed by atoms with E-state index in [9.17, 15) is 8.78 Å². The fraction of sp³-hybridized carbons (Fsp3) is 0.458. The highest BCUT2D eigenvalue weighted by Crippen LogP contribution is 2.42. The second kappa shape index (κ2) is 8.36. The molecule has 172 valence electrons. The summed E-state index contributed by atoms with van der Waals surface area (Å²) in [5, 5.41) is 7.01. The highest BCUT2D eigenvalue weighted by atomic mass is 19.1. The van der Waals surface area contributed by atoms with Gasteiger partial charge in [-0.3, -0.25) is 5.10 Å². The number of ether oxygens (including phenoxy) is 1.